The van der Waals surface area contributed by atoms with E-state index in [0.717, 1.165) is 43.1 Å². The summed E-state index contributed by atoms with van der Waals surface area (Å²) in [7, 11) is 0. The second-order valence-electron chi connectivity index (χ2n) is 5.73. The molecule has 1 aliphatic heterocycles. The van der Waals surface area contributed by atoms with Crippen LogP contribution in [0.4, 0.5) is 5.69 Å². The predicted molar refractivity (Wildman–Crippen MR) is 87.7 cm³/mol. The van der Waals surface area contributed by atoms with Gasteiger partial charge in [0.2, 0.25) is 0 Å². The molecule has 0 bridgehead atoms. The lowest BCUT2D eigenvalue weighted by Gasteiger charge is -2.23. The van der Waals surface area contributed by atoms with E-state index in [9.17, 15) is 4.79 Å². The van der Waals surface area contributed by atoms with Crippen LogP contribution >= 0.6 is 11.8 Å². The van der Waals surface area contributed by atoms with Crippen LogP contribution < -0.4 is 5.32 Å². The van der Waals surface area contributed by atoms with Crippen LogP contribution in [0.3, 0.4) is 0 Å². The third-order valence-electron chi connectivity index (χ3n) is 3.65. The van der Waals surface area contributed by atoms with E-state index >= 15 is 0 Å². The fourth-order valence-electron chi connectivity index (χ4n) is 2.41. The van der Waals surface area contributed by atoms with Crippen LogP contribution in [0.25, 0.3) is 0 Å². The van der Waals surface area contributed by atoms with Crippen molar-refractivity contribution < 1.29 is 4.79 Å². The van der Waals surface area contributed by atoms with Gasteiger partial charge < -0.3 is 10.2 Å². The summed E-state index contributed by atoms with van der Waals surface area (Å²) >= 11 is 1.96. The molecule has 4 heteroatoms. The molecule has 1 amide bonds. The van der Waals surface area contributed by atoms with Gasteiger partial charge in [-0.05, 0) is 25.5 Å². The maximum atomic E-state index is 12.7. The molecule has 0 spiro atoms. The van der Waals surface area contributed by atoms with Gasteiger partial charge in [-0.15, -0.1) is 0 Å². The zero-order valence-corrected chi connectivity index (χ0v) is 13.4. The lowest BCUT2D eigenvalue weighted by atomic mass is 10.1. The first-order chi connectivity index (χ1) is 9.53. The van der Waals surface area contributed by atoms with E-state index in [1.807, 2.05) is 47.9 Å². The SMILES string of the molecule is CCNc1ccccc1C(=O)N1CCSC(C)(C)CC1. The molecule has 0 radical (unpaired) electrons. The zero-order valence-electron chi connectivity index (χ0n) is 12.6. The Morgan fingerprint density at radius 3 is 2.85 bits per heavy atom. The first-order valence-corrected chi connectivity index (χ1v) is 8.28. The van der Waals surface area contributed by atoms with Crippen molar-refractivity contribution in [1.82, 2.24) is 4.90 Å². The minimum absolute atomic E-state index is 0.153. The van der Waals surface area contributed by atoms with Crippen molar-refractivity contribution in [3.05, 3.63) is 29.8 Å². The van der Waals surface area contributed by atoms with Gasteiger partial charge in [0, 0.05) is 35.8 Å². The summed E-state index contributed by atoms with van der Waals surface area (Å²) in [5, 5.41) is 3.28. The fourth-order valence-corrected chi connectivity index (χ4v) is 3.51. The molecule has 0 aliphatic carbocycles. The molecular formula is C16H24N2OS. The van der Waals surface area contributed by atoms with Crippen LogP contribution in [0.2, 0.25) is 0 Å². The average molecular weight is 292 g/mol. The summed E-state index contributed by atoms with van der Waals surface area (Å²) in [4.78, 5) is 14.7. The van der Waals surface area contributed by atoms with Gasteiger partial charge in [0.15, 0.2) is 0 Å². The second kappa shape index (κ2) is 6.53. The number of nitrogens with one attached hydrogen (secondary N) is 1. The number of thioether (sulfide) groups is 1. The van der Waals surface area contributed by atoms with Crippen molar-refractivity contribution >= 4 is 23.4 Å². The first-order valence-electron chi connectivity index (χ1n) is 7.29. The van der Waals surface area contributed by atoms with Crippen molar-refractivity contribution in [3.63, 3.8) is 0 Å². The molecule has 1 aromatic rings. The van der Waals surface area contributed by atoms with Crippen LogP contribution in [0.1, 0.15) is 37.6 Å². The van der Waals surface area contributed by atoms with Gasteiger partial charge in [0.05, 0.1) is 5.56 Å². The van der Waals surface area contributed by atoms with E-state index in [4.69, 9.17) is 0 Å². The van der Waals surface area contributed by atoms with Crippen LogP contribution in [0.15, 0.2) is 24.3 Å². The maximum absolute atomic E-state index is 12.7. The third kappa shape index (κ3) is 3.69. The monoisotopic (exact) mass is 292 g/mol. The number of nitrogens with zero attached hydrogens (tertiary/aromatic N) is 1. The third-order valence-corrected chi connectivity index (χ3v) is 5.02. The zero-order chi connectivity index (χ0) is 14.6. The highest BCUT2D eigenvalue weighted by Gasteiger charge is 2.27. The van der Waals surface area contributed by atoms with E-state index in [0.29, 0.717) is 0 Å². The number of para-hydroxylation sites is 1. The normalized spacial score (nSPS) is 18.4. The Morgan fingerprint density at radius 2 is 2.10 bits per heavy atom. The minimum atomic E-state index is 0.153. The summed E-state index contributed by atoms with van der Waals surface area (Å²) in [5.41, 5.74) is 1.73. The van der Waals surface area contributed by atoms with E-state index in [-0.39, 0.29) is 10.7 Å². The topological polar surface area (TPSA) is 32.3 Å². The lowest BCUT2D eigenvalue weighted by molar-refractivity contribution is 0.0765. The van der Waals surface area contributed by atoms with Crippen LogP contribution in [0.5, 0.6) is 0 Å². The summed E-state index contributed by atoms with van der Waals surface area (Å²) < 4.78 is 0.274. The molecule has 1 fully saturated rings. The summed E-state index contributed by atoms with van der Waals surface area (Å²) in [6.07, 6.45) is 1.05. The Kier molecular flexibility index (Phi) is 4.97. The highest BCUT2D eigenvalue weighted by atomic mass is 32.2. The van der Waals surface area contributed by atoms with Crippen molar-refractivity contribution in [3.8, 4) is 0 Å². The number of carbonyl (C=O) groups is 1. The number of benzene rings is 1. The van der Waals surface area contributed by atoms with Gasteiger partial charge in [0.25, 0.3) is 5.91 Å². The number of amides is 1. The molecule has 3 nitrogen and oxygen atoms in total. The van der Waals surface area contributed by atoms with Gasteiger partial charge in [-0.2, -0.15) is 11.8 Å². The molecule has 0 saturated carbocycles. The lowest BCUT2D eigenvalue weighted by Crippen LogP contribution is -2.34. The number of hydrogen-bond donors (Lipinski definition) is 1. The number of carbonyl (C=O) groups excluding carboxylic acids is 1. The van der Waals surface area contributed by atoms with E-state index < -0.39 is 0 Å². The Labute approximate surface area is 126 Å². The maximum Gasteiger partial charge on any atom is 0.255 e. The Hall–Kier alpha value is -1.16. The van der Waals surface area contributed by atoms with Crippen LogP contribution in [0, 0.1) is 0 Å². The molecule has 0 atom stereocenters. The predicted octanol–water partition coefficient (Wildman–Crippen LogP) is 3.48. The molecule has 110 valence electrons. The van der Waals surface area contributed by atoms with Crippen LogP contribution in [-0.4, -0.2) is 40.9 Å². The molecule has 1 aromatic carbocycles. The molecule has 1 heterocycles. The largest absolute Gasteiger partial charge is 0.385 e. The number of hydrogen-bond acceptors (Lipinski definition) is 3. The molecular weight excluding hydrogens is 268 g/mol. The fraction of sp³-hybridized carbons (Fsp3) is 0.562. The quantitative estimate of drug-likeness (QED) is 0.926. The Bertz CT molecular complexity index is 473. The van der Waals surface area contributed by atoms with E-state index in [1.165, 1.54) is 0 Å². The van der Waals surface area contributed by atoms with Crippen LogP contribution in [-0.2, 0) is 0 Å². The standard InChI is InChI=1S/C16H24N2OS/c1-4-17-14-8-6-5-7-13(14)15(19)18-10-9-16(2,3)20-12-11-18/h5-8,17H,4,9-12H2,1-3H3. The van der Waals surface area contributed by atoms with Gasteiger partial charge >= 0.3 is 0 Å². The molecule has 0 unspecified atom stereocenters. The van der Waals surface area contributed by atoms with Crippen molar-refractivity contribution in [1.29, 1.82) is 0 Å². The molecule has 1 saturated heterocycles. The van der Waals surface area contributed by atoms with Gasteiger partial charge in [0.1, 0.15) is 0 Å². The van der Waals surface area contributed by atoms with Gasteiger partial charge in [-0.25, -0.2) is 0 Å². The van der Waals surface area contributed by atoms with Gasteiger partial charge in [-0.1, -0.05) is 26.0 Å². The Balaban J connectivity index is 2.15. The number of rotatable bonds is 3. The highest BCUT2D eigenvalue weighted by Crippen LogP contribution is 2.31. The second-order valence-corrected chi connectivity index (χ2v) is 7.53. The van der Waals surface area contributed by atoms with Crippen molar-refractivity contribution in [2.24, 2.45) is 0 Å². The van der Waals surface area contributed by atoms with E-state index in [1.54, 1.807) is 0 Å². The van der Waals surface area contributed by atoms with Crippen molar-refractivity contribution in [2.75, 3.05) is 30.7 Å². The first kappa shape index (κ1) is 15.2. The average Bonchev–Trinajstić information content (AvgIpc) is 2.60. The number of anilines is 1. The van der Waals surface area contributed by atoms with Gasteiger partial charge in [-0.3, -0.25) is 4.79 Å². The Morgan fingerprint density at radius 1 is 1.35 bits per heavy atom. The molecule has 2 rings (SSSR count). The summed E-state index contributed by atoms with van der Waals surface area (Å²) in [5.74, 6) is 1.17. The van der Waals surface area contributed by atoms with Crippen molar-refractivity contribution in [2.45, 2.75) is 31.9 Å². The minimum Gasteiger partial charge on any atom is -0.385 e. The highest BCUT2D eigenvalue weighted by molar-refractivity contribution is 8.00. The summed E-state index contributed by atoms with van der Waals surface area (Å²) in [6.45, 7) is 9.09. The molecule has 0 aromatic heterocycles. The molecule has 1 aliphatic rings. The summed E-state index contributed by atoms with van der Waals surface area (Å²) in [6, 6.07) is 7.80. The van der Waals surface area contributed by atoms with E-state index in [2.05, 4.69) is 19.2 Å². The smallest absolute Gasteiger partial charge is 0.255 e. The molecule has 1 N–H and O–H groups in total. The molecule has 20 heavy (non-hydrogen) atoms.